The van der Waals surface area contributed by atoms with Crippen LogP contribution in [0.1, 0.15) is 58.1 Å². The van der Waals surface area contributed by atoms with Crippen LogP contribution in [-0.2, 0) is 27.2 Å². The molecule has 4 aromatic rings. The third-order valence-corrected chi connectivity index (χ3v) is 9.88. The van der Waals surface area contributed by atoms with Crippen molar-refractivity contribution >= 4 is 39.3 Å². The van der Waals surface area contributed by atoms with E-state index in [1.165, 1.54) is 4.90 Å². The summed E-state index contributed by atoms with van der Waals surface area (Å²) in [5, 5.41) is 31.2. The molecule has 4 atom stereocenters. The predicted octanol–water partition coefficient (Wildman–Crippen LogP) is 5.66. The van der Waals surface area contributed by atoms with E-state index in [2.05, 4.69) is 53.0 Å². The number of aliphatic hydroxyl groups is 2. The zero-order valence-corrected chi connectivity index (χ0v) is 30.3. The molecule has 0 bridgehead atoms. The lowest BCUT2D eigenvalue weighted by Gasteiger charge is -2.35. The van der Waals surface area contributed by atoms with Crippen LogP contribution in [0.5, 0.6) is 0 Å². The van der Waals surface area contributed by atoms with Crippen LogP contribution < -0.4 is 10.6 Å². The molecule has 8 heteroatoms. The number of benzene rings is 4. The summed E-state index contributed by atoms with van der Waals surface area (Å²) >= 11 is 0. The fourth-order valence-corrected chi connectivity index (χ4v) is 6.85. The van der Waals surface area contributed by atoms with E-state index in [4.69, 9.17) is 6.42 Å². The number of carbonyl (C=O) groups excluding carboxylic acids is 3. The maximum atomic E-state index is 14.1. The molecule has 0 saturated heterocycles. The third-order valence-electron chi connectivity index (χ3n) is 9.88. The Morgan fingerprint density at radius 2 is 1.39 bits per heavy atom. The summed E-state index contributed by atoms with van der Waals surface area (Å²) in [5.74, 6) is 1.06. The number of fused-ring (bicyclic) bond motifs is 2. The van der Waals surface area contributed by atoms with E-state index in [0.29, 0.717) is 19.3 Å². The van der Waals surface area contributed by atoms with Crippen molar-refractivity contribution in [1.82, 2.24) is 15.5 Å². The van der Waals surface area contributed by atoms with Crippen LogP contribution in [0.2, 0.25) is 0 Å². The molecule has 4 rings (SSSR count). The SMILES string of the molecule is C#CCN(C(=O)CNC(=O)C(Cc1cccc2ccccc12)Cc1cccc2ccccc12)[C@@H](CC(C)C)[C@@H](O)CC(=O)N[C@H](CO)[C@@H](C)CC. The first-order valence-electron chi connectivity index (χ1n) is 18.1. The molecule has 0 spiro atoms. The number of hydrogen-bond acceptors (Lipinski definition) is 5. The van der Waals surface area contributed by atoms with Gasteiger partial charge in [0.1, 0.15) is 0 Å². The summed E-state index contributed by atoms with van der Waals surface area (Å²) in [6.45, 7) is 7.24. The Bertz CT molecular complexity index is 1720. The van der Waals surface area contributed by atoms with Crippen molar-refractivity contribution in [1.29, 1.82) is 0 Å². The minimum Gasteiger partial charge on any atom is -0.394 e. The quantitative estimate of drug-likeness (QED) is 0.101. The summed E-state index contributed by atoms with van der Waals surface area (Å²) in [7, 11) is 0. The monoisotopic (exact) mass is 691 g/mol. The molecule has 0 radical (unpaired) electrons. The van der Waals surface area contributed by atoms with E-state index in [9.17, 15) is 24.6 Å². The number of nitrogens with one attached hydrogen (secondary N) is 2. The van der Waals surface area contributed by atoms with Gasteiger partial charge in [-0.25, -0.2) is 0 Å². The van der Waals surface area contributed by atoms with Gasteiger partial charge in [-0.05, 0) is 63.8 Å². The Hall–Kier alpha value is -4.71. The highest BCUT2D eigenvalue weighted by atomic mass is 16.3. The number of hydrogen-bond donors (Lipinski definition) is 4. The van der Waals surface area contributed by atoms with E-state index in [-0.39, 0.29) is 43.9 Å². The molecule has 0 aliphatic heterocycles. The number of aliphatic hydroxyl groups excluding tert-OH is 2. The molecular formula is C43H53N3O5. The molecular weight excluding hydrogens is 638 g/mol. The maximum Gasteiger partial charge on any atom is 0.243 e. The van der Waals surface area contributed by atoms with Gasteiger partial charge in [0.25, 0.3) is 0 Å². The molecule has 0 saturated carbocycles. The second-order valence-electron chi connectivity index (χ2n) is 14.0. The Balaban J connectivity index is 1.55. The van der Waals surface area contributed by atoms with E-state index in [1.807, 2.05) is 76.2 Å². The third kappa shape index (κ3) is 10.6. The van der Waals surface area contributed by atoms with Gasteiger partial charge >= 0.3 is 0 Å². The Kier molecular flexibility index (Phi) is 14.6. The van der Waals surface area contributed by atoms with Gasteiger partial charge in [0.05, 0.1) is 44.3 Å². The highest BCUT2D eigenvalue weighted by molar-refractivity contribution is 5.90. The van der Waals surface area contributed by atoms with Gasteiger partial charge in [0.2, 0.25) is 17.7 Å². The van der Waals surface area contributed by atoms with Crippen LogP contribution in [0.3, 0.4) is 0 Å². The van der Waals surface area contributed by atoms with Crippen LogP contribution in [0, 0.1) is 30.1 Å². The van der Waals surface area contributed by atoms with Crippen molar-refractivity contribution in [2.24, 2.45) is 17.8 Å². The van der Waals surface area contributed by atoms with Crippen molar-refractivity contribution in [3.63, 3.8) is 0 Å². The first-order chi connectivity index (χ1) is 24.6. The fraction of sp³-hybridized carbons (Fsp3) is 0.419. The molecule has 0 aromatic heterocycles. The first-order valence-corrected chi connectivity index (χ1v) is 18.1. The Labute approximate surface area is 302 Å². The van der Waals surface area contributed by atoms with Gasteiger partial charge in [-0.1, -0.05) is 125 Å². The van der Waals surface area contributed by atoms with E-state index < -0.39 is 35.9 Å². The van der Waals surface area contributed by atoms with Gasteiger partial charge < -0.3 is 25.7 Å². The minimum absolute atomic E-state index is 0.0516. The molecule has 0 aliphatic rings. The zero-order chi connectivity index (χ0) is 36.9. The predicted molar refractivity (Wildman–Crippen MR) is 205 cm³/mol. The van der Waals surface area contributed by atoms with Crippen LogP contribution in [0.4, 0.5) is 0 Å². The van der Waals surface area contributed by atoms with Gasteiger partial charge in [-0.3, -0.25) is 14.4 Å². The standard InChI is InChI=1S/C43H53N3O5/c1-6-22-46(39(23-29(3)4)40(48)26-41(49)45-38(28-47)30(5)7-2)42(50)27-44-43(51)35(24-33-18-12-16-31-14-8-10-20-36(31)33)25-34-19-13-17-32-15-9-11-21-37(32)34/h1,8-21,29-30,35,38-40,47-48H,7,22-28H2,2-5H3,(H,44,51)(H,45,49)/t30-,38+,39-,40-/m0/s1. The zero-order valence-electron chi connectivity index (χ0n) is 30.3. The lowest BCUT2D eigenvalue weighted by Crippen LogP contribution is -2.53. The molecule has 3 amide bonds. The minimum atomic E-state index is -1.21. The average molecular weight is 692 g/mol. The van der Waals surface area contributed by atoms with Crippen LogP contribution in [0.25, 0.3) is 21.5 Å². The average Bonchev–Trinajstić information content (AvgIpc) is 3.13. The van der Waals surface area contributed by atoms with Crippen LogP contribution in [-0.4, -0.2) is 70.7 Å². The van der Waals surface area contributed by atoms with Crippen molar-refractivity contribution in [3.05, 3.63) is 96.1 Å². The van der Waals surface area contributed by atoms with E-state index >= 15 is 0 Å². The smallest absolute Gasteiger partial charge is 0.243 e. The molecule has 51 heavy (non-hydrogen) atoms. The number of terminal acetylenes is 1. The van der Waals surface area contributed by atoms with Gasteiger partial charge in [0, 0.05) is 5.92 Å². The van der Waals surface area contributed by atoms with Gasteiger partial charge in [-0.2, -0.15) is 0 Å². The highest BCUT2D eigenvalue weighted by Gasteiger charge is 2.33. The van der Waals surface area contributed by atoms with Crippen LogP contribution in [0.15, 0.2) is 84.9 Å². The fourth-order valence-electron chi connectivity index (χ4n) is 6.85. The lowest BCUT2D eigenvalue weighted by molar-refractivity contribution is -0.139. The molecule has 0 aliphatic carbocycles. The summed E-state index contributed by atoms with van der Waals surface area (Å²) in [4.78, 5) is 42.3. The highest BCUT2D eigenvalue weighted by Crippen LogP contribution is 2.26. The molecule has 4 N–H and O–H groups in total. The molecule has 4 aromatic carbocycles. The maximum absolute atomic E-state index is 14.1. The first kappa shape index (κ1) is 39.1. The van der Waals surface area contributed by atoms with Crippen molar-refractivity contribution in [3.8, 4) is 12.3 Å². The van der Waals surface area contributed by atoms with E-state index in [0.717, 1.165) is 39.1 Å². The number of nitrogens with zero attached hydrogens (tertiary/aromatic N) is 1. The second-order valence-corrected chi connectivity index (χ2v) is 14.0. The van der Waals surface area contributed by atoms with Gasteiger partial charge in [0.15, 0.2) is 0 Å². The Morgan fingerprint density at radius 1 is 0.843 bits per heavy atom. The van der Waals surface area contributed by atoms with Crippen molar-refractivity contribution in [2.45, 2.75) is 78.0 Å². The van der Waals surface area contributed by atoms with Crippen LogP contribution >= 0.6 is 0 Å². The lowest BCUT2D eigenvalue weighted by atomic mass is 9.88. The van der Waals surface area contributed by atoms with Crippen molar-refractivity contribution < 1.29 is 24.6 Å². The van der Waals surface area contributed by atoms with Gasteiger partial charge in [-0.15, -0.1) is 6.42 Å². The largest absolute Gasteiger partial charge is 0.394 e. The second kappa shape index (κ2) is 19.1. The summed E-state index contributed by atoms with van der Waals surface area (Å²) in [5.41, 5.74) is 2.09. The summed E-state index contributed by atoms with van der Waals surface area (Å²) in [6.07, 6.45) is 6.35. The number of carbonyl (C=O) groups is 3. The van der Waals surface area contributed by atoms with Crippen molar-refractivity contribution in [2.75, 3.05) is 19.7 Å². The normalized spacial score (nSPS) is 13.8. The summed E-state index contributed by atoms with van der Waals surface area (Å²) < 4.78 is 0. The molecule has 0 fully saturated rings. The molecule has 0 unspecified atom stereocenters. The molecule has 0 heterocycles. The number of rotatable bonds is 18. The number of amides is 3. The molecule has 8 nitrogen and oxygen atoms in total. The topological polar surface area (TPSA) is 119 Å². The molecule has 270 valence electrons. The Morgan fingerprint density at radius 3 is 1.90 bits per heavy atom. The summed E-state index contributed by atoms with van der Waals surface area (Å²) in [6, 6.07) is 27.2. The van der Waals surface area contributed by atoms with E-state index in [1.54, 1.807) is 0 Å².